The number of benzene rings is 1. The predicted molar refractivity (Wildman–Crippen MR) is 81.2 cm³/mol. The minimum atomic E-state index is -0.386. The van der Waals surface area contributed by atoms with Crippen molar-refractivity contribution in [2.75, 3.05) is 19.8 Å². The fraction of sp³-hybridized carbons (Fsp3) is 0.438. The highest BCUT2D eigenvalue weighted by atomic mass is 35.5. The third kappa shape index (κ3) is 4.84. The number of carbonyl (C=O) groups excluding carboxylic acids is 1. The summed E-state index contributed by atoms with van der Waals surface area (Å²) in [6.07, 6.45) is 3.13. The van der Waals surface area contributed by atoms with E-state index < -0.39 is 0 Å². The molecule has 1 aliphatic rings. The van der Waals surface area contributed by atoms with Crippen LogP contribution in [0.4, 0.5) is 0 Å². The van der Waals surface area contributed by atoms with Gasteiger partial charge in [-0.15, -0.1) is 0 Å². The maximum Gasteiger partial charge on any atom is 0.330 e. The Labute approximate surface area is 129 Å². The molecule has 0 N–H and O–H groups in total. The minimum Gasteiger partial charge on any atom is -0.463 e. The van der Waals surface area contributed by atoms with E-state index in [0.29, 0.717) is 18.2 Å². The molecule has 0 unspecified atom stereocenters. The molecule has 5 heteroatoms. The Morgan fingerprint density at radius 2 is 2.33 bits per heavy atom. The molecule has 0 aromatic heterocycles. The molecule has 0 radical (unpaired) electrons. The van der Waals surface area contributed by atoms with Crippen molar-refractivity contribution in [2.45, 2.75) is 26.1 Å². The molecular weight excluding hydrogens is 292 g/mol. The van der Waals surface area contributed by atoms with Crippen molar-refractivity contribution in [1.29, 1.82) is 0 Å². The third-order valence-corrected chi connectivity index (χ3v) is 3.46. The van der Waals surface area contributed by atoms with E-state index in [1.54, 1.807) is 19.1 Å². The minimum absolute atomic E-state index is 0.130. The van der Waals surface area contributed by atoms with Crippen molar-refractivity contribution >= 4 is 23.6 Å². The van der Waals surface area contributed by atoms with Gasteiger partial charge >= 0.3 is 5.97 Å². The summed E-state index contributed by atoms with van der Waals surface area (Å²) in [6, 6.07) is 5.59. The summed E-state index contributed by atoms with van der Waals surface area (Å²) >= 11 is 6.23. The zero-order valence-electron chi connectivity index (χ0n) is 12.2. The Morgan fingerprint density at radius 1 is 1.57 bits per heavy atom. The van der Waals surface area contributed by atoms with Gasteiger partial charge in [-0.2, -0.15) is 0 Å². The number of halogens is 1. The van der Waals surface area contributed by atoms with Gasteiger partial charge in [-0.3, -0.25) is 0 Å². The zero-order chi connectivity index (χ0) is 15.2. The number of carbonyl (C=O) groups is 1. The molecular formula is C16H19ClO4. The Balaban J connectivity index is 2.12. The van der Waals surface area contributed by atoms with Crippen LogP contribution in [0.5, 0.6) is 0 Å². The number of rotatable bonds is 7. The van der Waals surface area contributed by atoms with Crippen molar-refractivity contribution in [3.63, 3.8) is 0 Å². The molecule has 21 heavy (non-hydrogen) atoms. The molecule has 4 nitrogen and oxygen atoms in total. The number of esters is 1. The van der Waals surface area contributed by atoms with Gasteiger partial charge in [0.25, 0.3) is 0 Å². The van der Waals surface area contributed by atoms with Crippen LogP contribution < -0.4 is 0 Å². The van der Waals surface area contributed by atoms with E-state index in [-0.39, 0.29) is 18.2 Å². The van der Waals surface area contributed by atoms with Crippen LogP contribution in [0.1, 0.15) is 31.1 Å². The second-order valence-corrected chi connectivity index (χ2v) is 5.17. The highest BCUT2D eigenvalue weighted by Gasteiger charge is 2.24. The van der Waals surface area contributed by atoms with Gasteiger partial charge in [-0.25, -0.2) is 4.79 Å². The van der Waals surface area contributed by atoms with Crippen LogP contribution in [0, 0.1) is 0 Å². The smallest absolute Gasteiger partial charge is 0.330 e. The van der Waals surface area contributed by atoms with Gasteiger partial charge in [0.1, 0.15) is 6.10 Å². The zero-order valence-corrected chi connectivity index (χ0v) is 12.9. The van der Waals surface area contributed by atoms with Crippen LogP contribution in [0.3, 0.4) is 0 Å². The summed E-state index contributed by atoms with van der Waals surface area (Å²) in [4.78, 5) is 11.4. The molecule has 1 aliphatic heterocycles. The summed E-state index contributed by atoms with van der Waals surface area (Å²) in [7, 11) is 0. The van der Waals surface area contributed by atoms with Crippen molar-refractivity contribution in [1.82, 2.24) is 0 Å². The van der Waals surface area contributed by atoms with Crippen LogP contribution >= 0.6 is 11.6 Å². The van der Waals surface area contributed by atoms with E-state index in [1.807, 2.05) is 19.1 Å². The van der Waals surface area contributed by atoms with Gasteiger partial charge in [0.15, 0.2) is 0 Å². The number of hydrogen-bond acceptors (Lipinski definition) is 4. The van der Waals surface area contributed by atoms with Crippen LogP contribution in [0.15, 0.2) is 24.3 Å². The lowest BCUT2D eigenvalue weighted by Crippen LogP contribution is -2.07. The molecule has 1 aromatic carbocycles. The van der Waals surface area contributed by atoms with Crippen LogP contribution in [0.2, 0.25) is 5.02 Å². The largest absolute Gasteiger partial charge is 0.463 e. The normalized spacial score (nSPS) is 18.7. The van der Waals surface area contributed by atoms with Crippen molar-refractivity contribution in [3.05, 3.63) is 40.4 Å². The molecule has 0 spiro atoms. The summed E-state index contributed by atoms with van der Waals surface area (Å²) in [6.45, 7) is 5.39. The quantitative estimate of drug-likeness (QED) is 0.440. The van der Waals surface area contributed by atoms with E-state index in [1.165, 1.54) is 6.08 Å². The molecule has 1 saturated heterocycles. The lowest BCUT2D eigenvalue weighted by Gasteiger charge is -2.16. The number of hydrogen-bond donors (Lipinski definition) is 0. The fourth-order valence-electron chi connectivity index (χ4n) is 1.93. The molecule has 2 atom stereocenters. The predicted octanol–water partition coefficient (Wildman–Crippen LogP) is 3.39. The first-order chi connectivity index (χ1) is 10.1. The maximum atomic E-state index is 11.4. The molecule has 0 bridgehead atoms. The van der Waals surface area contributed by atoms with Gasteiger partial charge < -0.3 is 14.2 Å². The highest BCUT2D eigenvalue weighted by molar-refractivity contribution is 6.32. The fourth-order valence-corrected chi connectivity index (χ4v) is 2.18. The lowest BCUT2D eigenvalue weighted by molar-refractivity contribution is -0.137. The first kappa shape index (κ1) is 16.0. The van der Waals surface area contributed by atoms with Crippen LogP contribution in [-0.2, 0) is 19.0 Å². The molecule has 114 valence electrons. The van der Waals surface area contributed by atoms with Gasteiger partial charge in [-0.05, 0) is 37.1 Å². The molecule has 0 amide bonds. The molecule has 1 aromatic rings. The summed E-state index contributed by atoms with van der Waals surface area (Å²) in [5.41, 5.74) is 1.71. The molecule has 0 aliphatic carbocycles. The third-order valence-electron chi connectivity index (χ3n) is 3.13. The first-order valence-electron chi connectivity index (χ1n) is 6.98. The monoisotopic (exact) mass is 310 g/mol. The molecule has 2 rings (SSSR count). The number of epoxide rings is 1. The van der Waals surface area contributed by atoms with Crippen molar-refractivity contribution in [3.8, 4) is 0 Å². The molecule has 1 fully saturated rings. The van der Waals surface area contributed by atoms with Crippen molar-refractivity contribution < 1.29 is 19.0 Å². The van der Waals surface area contributed by atoms with E-state index in [9.17, 15) is 4.79 Å². The summed E-state index contributed by atoms with van der Waals surface area (Å²) in [5.74, 6) is -0.386. The Morgan fingerprint density at radius 3 is 3.00 bits per heavy atom. The summed E-state index contributed by atoms with van der Waals surface area (Å²) < 4.78 is 15.8. The van der Waals surface area contributed by atoms with Gasteiger partial charge in [0.05, 0.1) is 25.9 Å². The Bertz CT molecular complexity index is 523. The molecule has 0 saturated carbocycles. The van der Waals surface area contributed by atoms with Crippen molar-refractivity contribution in [2.24, 2.45) is 0 Å². The second kappa shape index (κ2) is 7.59. The van der Waals surface area contributed by atoms with E-state index >= 15 is 0 Å². The van der Waals surface area contributed by atoms with E-state index in [0.717, 1.165) is 17.7 Å². The summed E-state index contributed by atoms with van der Waals surface area (Å²) in [5, 5.41) is 0.575. The average Bonchev–Trinajstić information content (AvgIpc) is 3.27. The molecule has 1 heterocycles. The first-order valence-corrected chi connectivity index (χ1v) is 7.36. The van der Waals surface area contributed by atoms with Gasteiger partial charge in [0, 0.05) is 11.1 Å². The topological polar surface area (TPSA) is 48.1 Å². The van der Waals surface area contributed by atoms with Crippen LogP contribution in [-0.4, -0.2) is 31.9 Å². The maximum absolute atomic E-state index is 11.4. The average molecular weight is 311 g/mol. The van der Waals surface area contributed by atoms with Crippen LogP contribution in [0.25, 0.3) is 6.08 Å². The van der Waals surface area contributed by atoms with Gasteiger partial charge in [-0.1, -0.05) is 23.7 Å². The second-order valence-electron chi connectivity index (χ2n) is 4.76. The Kier molecular flexibility index (Phi) is 5.79. The number of ether oxygens (including phenoxy) is 3. The standard InChI is InChI=1S/C16H19ClO4/c1-3-19-16(18)8-7-14-13(5-4-6-15(14)17)11(2)20-9-12-10-21-12/h4-8,11-12H,3,9-10H2,1-2H3/t11-,12+/m1/s1. The van der Waals surface area contributed by atoms with Gasteiger partial charge in [0.2, 0.25) is 0 Å². The highest BCUT2D eigenvalue weighted by Crippen LogP contribution is 2.29. The SMILES string of the molecule is CCOC(=O)C=Cc1c(Cl)cccc1[C@@H](C)OC[C@H]1CO1. The van der Waals surface area contributed by atoms with E-state index in [4.69, 9.17) is 25.8 Å². The van der Waals surface area contributed by atoms with E-state index in [2.05, 4.69) is 0 Å². The lowest BCUT2D eigenvalue weighted by atomic mass is 10.0. The Hall–Kier alpha value is -1.36.